The highest BCUT2D eigenvalue weighted by atomic mass is 16.5. The van der Waals surface area contributed by atoms with Crippen molar-refractivity contribution >= 4 is 5.69 Å². The fraction of sp³-hybridized carbons (Fsp3) is 0.600. The summed E-state index contributed by atoms with van der Waals surface area (Å²) in [5, 5.41) is 3.72. The van der Waals surface area contributed by atoms with Crippen molar-refractivity contribution in [3.8, 4) is 5.75 Å². The van der Waals surface area contributed by atoms with E-state index in [1.54, 1.807) is 7.11 Å². The van der Waals surface area contributed by atoms with E-state index in [0.29, 0.717) is 6.04 Å². The van der Waals surface area contributed by atoms with E-state index in [4.69, 9.17) is 4.74 Å². The van der Waals surface area contributed by atoms with E-state index in [-0.39, 0.29) is 0 Å². The van der Waals surface area contributed by atoms with E-state index < -0.39 is 0 Å². The van der Waals surface area contributed by atoms with Crippen LogP contribution in [0.4, 0.5) is 5.69 Å². The van der Waals surface area contributed by atoms with E-state index >= 15 is 0 Å². The Bertz CT molecular complexity index is 433. The number of fused-ring (bicyclic) bond motifs is 2. The summed E-state index contributed by atoms with van der Waals surface area (Å²) in [7, 11) is 1.73. The van der Waals surface area contributed by atoms with Gasteiger partial charge in [0.05, 0.1) is 7.11 Å². The molecule has 1 N–H and O–H groups in total. The topological polar surface area (TPSA) is 24.5 Å². The van der Waals surface area contributed by atoms with Gasteiger partial charge in [-0.15, -0.1) is 0 Å². The van der Waals surface area contributed by atoms with Crippen LogP contribution in [0.15, 0.2) is 18.2 Å². The van der Waals surface area contributed by atoms with Gasteiger partial charge in [-0.1, -0.05) is 0 Å². The number of rotatable bonds is 3. The summed E-state index contributed by atoms with van der Waals surface area (Å²) in [4.78, 5) is 2.59. The van der Waals surface area contributed by atoms with Crippen LogP contribution >= 0.6 is 0 Å². The summed E-state index contributed by atoms with van der Waals surface area (Å²) in [6.45, 7) is 5.93. The van der Waals surface area contributed by atoms with Crippen molar-refractivity contribution in [1.82, 2.24) is 4.90 Å². The smallest absolute Gasteiger partial charge is 0.121 e. The molecule has 3 nitrogen and oxygen atoms in total. The number of anilines is 1. The third-order valence-electron chi connectivity index (χ3n) is 4.38. The molecule has 0 aliphatic carbocycles. The zero-order chi connectivity index (χ0) is 12.5. The standard InChI is InChI=1S/C15H22N2O/c1-11-9-13(3-4-15(11)18-2)16-14-6-8-17-7-5-12(14)10-17/h3-4,9,12,14,16H,5-8,10H2,1-2H3. The van der Waals surface area contributed by atoms with Crippen molar-refractivity contribution in [1.29, 1.82) is 0 Å². The second-order valence-corrected chi connectivity index (χ2v) is 5.57. The molecule has 2 heterocycles. The summed E-state index contributed by atoms with van der Waals surface area (Å²) in [6.07, 6.45) is 2.63. The van der Waals surface area contributed by atoms with E-state index in [0.717, 1.165) is 11.7 Å². The summed E-state index contributed by atoms with van der Waals surface area (Å²) in [5.74, 6) is 1.80. The summed E-state index contributed by atoms with van der Waals surface area (Å²) >= 11 is 0. The van der Waals surface area contributed by atoms with Gasteiger partial charge in [0, 0.05) is 24.8 Å². The number of nitrogens with zero attached hydrogens (tertiary/aromatic N) is 1. The molecule has 0 aromatic heterocycles. The number of methoxy groups -OCH3 is 1. The Kier molecular flexibility index (Phi) is 3.16. The van der Waals surface area contributed by atoms with Gasteiger partial charge in [0.2, 0.25) is 0 Å². The van der Waals surface area contributed by atoms with Crippen molar-refractivity contribution in [3.63, 3.8) is 0 Å². The zero-order valence-electron chi connectivity index (χ0n) is 11.3. The molecule has 2 fully saturated rings. The molecule has 98 valence electrons. The van der Waals surface area contributed by atoms with Crippen LogP contribution in [0.3, 0.4) is 0 Å². The molecule has 0 amide bonds. The molecule has 3 rings (SSSR count). The molecule has 2 saturated heterocycles. The van der Waals surface area contributed by atoms with E-state index in [2.05, 4.69) is 35.3 Å². The number of aryl methyl sites for hydroxylation is 1. The summed E-state index contributed by atoms with van der Waals surface area (Å²) in [5.41, 5.74) is 2.44. The fourth-order valence-corrected chi connectivity index (χ4v) is 3.32. The van der Waals surface area contributed by atoms with E-state index in [9.17, 15) is 0 Å². The van der Waals surface area contributed by atoms with Crippen molar-refractivity contribution in [2.75, 3.05) is 32.1 Å². The first-order valence-corrected chi connectivity index (χ1v) is 6.90. The van der Waals surface area contributed by atoms with E-state index in [1.165, 1.54) is 43.7 Å². The quantitative estimate of drug-likeness (QED) is 0.887. The van der Waals surface area contributed by atoms with Crippen molar-refractivity contribution in [3.05, 3.63) is 23.8 Å². The second-order valence-electron chi connectivity index (χ2n) is 5.57. The molecule has 3 heteroatoms. The highest BCUT2D eigenvalue weighted by Crippen LogP contribution is 2.30. The summed E-state index contributed by atoms with van der Waals surface area (Å²) in [6, 6.07) is 7.03. The molecule has 18 heavy (non-hydrogen) atoms. The minimum atomic E-state index is 0.650. The van der Waals surface area contributed by atoms with Gasteiger partial charge in [-0.05, 0) is 56.0 Å². The van der Waals surface area contributed by atoms with E-state index in [1.807, 2.05) is 0 Å². The molecule has 3 unspecified atom stereocenters. The zero-order valence-corrected chi connectivity index (χ0v) is 11.3. The van der Waals surface area contributed by atoms with Crippen molar-refractivity contribution < 1.29 is 4.74 Å². The van der Waals surface area contributed by atoms with Crippen LogP contribution in [0.2, 0.25) is 0 Å². The minimum absolute atomic E-state index is 0.650. The number of nitrogens with one attached hydrogen (secondary N) is 1. The molecule has 1 aromatic carbocycles. The van der Waals surface area contributed by atoms with Gasteiger partial charge < -0.3 is 15.0 Å². The Morgan fingerprint density at radius 2 is 2.11 bits per heavy atom. The number of hydrogen-bond donors (Lipinski definition) is 1. The summed E-state index contributed by atoms with van der Waals surface area (Å²) < 4.78 is 5.30. The number of benzene rings is 1. The van der Waals surface area contributed by atoms with Crippen LogP contribution in [0.25, 0.3) is 0 Å². The lowest BCUT2D eigenvalue weighted by Gasteiger charge is -2.31. The fourth-order valence-electron chi connectivity index (χ4n) is 3.32. The lowest BCUT2D eigenvalue weighted by molar-refractivity contribution is 0.255. The van der Waals surface area contributed by atoms with Crippen LogP contribution in [0.5, 0.6) is 5.75 Å². The predicted molar refractivity (Wildman–Crippen MR) is 74.3 cm³/mol. The number of hydrogen-bond acceptors (Lipinski definition) is 3. The molecular weight excluding hydrogens is 224 g/mol. The normalized spacial score (nSPS) is 30.2. The highest BCUT2D eigenvalue weighted by molar-refractivity contribution is 5.51. The van der Waals surface area contributed by atoms with Gasteiger partial charge >= 0.3 is 0 Å². The van der Waals surface area contributed by atoms with Crippen molar-refractivity contribution in [2.24, 2.45) is 5.92 Å². The van der Waals surface area contributed by atoms with Gasteiger partial charge in [0.15, 0.2) is 0 Å². The average Bonchev–Trinajstić information content (AvgIpc) is 2.76. The maximum atomic E-state index is 5.30. The SMILES string of the molecule is COc1ccc(NC2CCN3CCC2C3)cc1C. The second kappa shape index (κ2) is 4.81. The Balaban J connectivity index is 1.70. The maximum Gasteiger partial charge on any atom is 0.121 e. The van der Waals surface area contributed by atoms with Crippen molar-refractivity contribution in [2.45, 2.75) is 25.8 Å². The van der Waals surface area contributed by atoms with Crippen LogP contribution in [-0.4, -0.2) is 37.7 Å². The Morgan fingerprint density at radius 1 is 1.28 bits per heavy atom. The third-order valence-corrected chi connectivity index (χ3v) is 4.38. The first-order valence-electron chi connectivity index (χ1n) is 6.90. The molecular formula is C15H22N2O. The van der Waals surface area contributed by atoms with Crippen LogP contribution < -0.4 is 10.1 Å². The first-order chi connectivity index (χ1) is 8.76. The Morgan fingerprint density at radius 3 is 2.89 bits per heavy atom. The maximum absolute atomic E-state index is 5.30. The van der Waals surface area contributed by atoms with Gasteiger partial charge in [-0.3, -0.25) is 0 Å². The molecule has 2 aliphatic heterocycles. The van der Waals surface area contributed by atoms with Crippen LogP contribution in [0, 0.1) is 12.8 Å². The highest BCUT2D eigenvalue weighted by Gasteiger charge is 2.33. The average molecular weight is 246 g/mol. The monoisotopic (exact) mass is 246 g/mol. The third kappa shape index (κ3) is 2.19. The molecule has 3 atom stereocenters. The minimum Gasteiger partial charge on any atom is -0.496 e. The van der Waals surface area contributed by atoms with Crippen LogP contribution in [0.1, 0.15) is 18.4 Å². The molecule has 0 saturated carbocycles. The lowest BCUT2D eigenvalue weighted by atomic mass is 9.94. The predicted octanol–water partition coefficient (Wildman–Crippen LogP) is 2.51. The van der Waals surface area contributed by atoms with Gasteiger partial charge in [0.1, 0.15) is 5.75 Å². The number of piperidine rings is 1. The largest absolute Gasteiger partial charge is 0.496 e. The molecule has 0 radical (unpaired) electrons. The first kappa shape index (κ1) is 11.8. The molecule has 2 aliphatic rings. The Labute approximate surface area is 109 Å². The molecule has 1 aromatic rings. The number of ether oxygens (including phenoxy) is 1. The Hall–Kier alpha value is -1.22. The van der Waals surface area contributed by atoms with Gasteiger partial charge in [-0.25, -0.2) is 0 Å². The van der Waals surface area contributed by atoms with Gasteiger partial charge in [-0.2, -0.15) is 0 Å². The molecule has 0 spiro atoms. The van der Waals surface area contributed by atoms with Gasteiger partial charge in [0.25, 0.3) is 0 Å². The van der Waals surface area contributed by atoms with Crippen LogP contribution in [-0.2, 0) is 0 Å². The lowest BCUT2D eigenvalue weighted by Crippen LogP contribution is -2.39. The molecule has 2 bridgehead atoms.